The van der Waals surface area contributed by atoms with Gasteiger partial charge in [-0.15, -0.1) is 0 Å². The van der Waals surface area contributed by atoms with Crippen LogP contribution in [0.25, 0.3) is 0 Å². The molecule has 0 aromatic carbocycles. The fourth-order valence-corrected chi connectivity index (χ4v) is 2.32. The third-order valence-corrected chi connectivity index (χ3v) is 3.53. The molecule has 1 heterocycles. The molecular formula is C12H23N3O. The molecule has 2 aliphatic rings. The predicted molar refractivity (Wildman–Crippen MR) is 64.3 cm³/mol. The lowest BCUT2D eigenvalue weighted by atomic mass is 10.2. The lowest BCUT2D eigenvalue weighted by Crippen LogP contribution is -2.39. The van der Waals surface area contributed by atoms with Gasteiger partial charge in [-0.3, -0.25) is 9.69 Å². The molecule has 4 heteroatoms. The van der Waals surface area contributed by atoms with Crippen molar-refractivity contribution in [3.8, 4) is 0 Å². The molecule has 0 spiro atoms. The van der Waals surface area contributed by atoms with E-state index in [1.165, 1.54) is 19.3 Å². The van der Waals surface area contributed by atoms with E-state index in [9.17, 15) is 4.79 Å². The molecule has 1 saturated heterocycles. The van der Waals surface area contributed by atoms with Crippen molar-refractivity contribution < 1.29 is 4.79 Å². The van der Waals surface area contributed by atoms with Crippen LogP contribution in [0, 0.1) is 0 Å². The van der Waals surface area contributed by atoms with Crippen molar-refractivity contribution in [1.29, 1.82) is 0 Å². The molecule has 2 N–H and O–H groups in total. The largest absolute Gasteiger partial charge is 0.353 e. The maximum Gasteiger partial charge on any atom is 0.221 e. The van der Waals surface area contributed by atoms with Crippen LogP contribution in [0.4, 0.5) is 0 Å². The summed E-state index contributed by atoms with van der Waals surface area (Å²) in [7, 11) is 0. The van der Waals surface area contributed by atoms with Gasteiger partial charge in [-0.2, -0.15) is 0 Å². The molecule has 1 unspecified atom stereocenters. The molecule has 0 radical (unpaired) electrons. The number of rotatable bonds is 6. The number of amides is 1. The molecular weight excluding hydrogens is 202 g/mol. The third-order valence-electron chi connectivity index (χ3n) is 3.53. The van der Waals surface area contributed by atoms with Crippen LogP contribution in [0.15, 0.2) is 0 Å². The predicted octanol–water partition coefficient (Wildman–Crippen LogP) is 0.339. The fourth-order valence-electron chi connectivity index (χ4n) is 2.32. The second kappa shape index (κ2) is 5.64. The summed E-state index contributed by atoms with van der Waals surface area (Å²) in [4.78, 5) is 14.0. The Balaban J connectivity index is 1.66. The molecule has 0 bridgehead atoms. The number of nitrogens with one attached hydrogen (secondary N) is 2. The summed E-state index contributed by atoms with van der Waals surface area (Å²) in [6, 6.07) is 1.13. The number of nitrogens with zero attached hydrogens (tertiary/aromatic N) is 1. The zero-order valence-electron chi connectivity index (χ0n) is 10.2. The smallest absolute Gasteiger partial charge is 0.221 e. The van der Waals surface area contributed by atoms with E-state index in [-0.39, 0.29) is 5.91 Å². The molecule has 1 amide bonds. The van der Waals surface area contributed by atoms with E-state index >= 15 is 0 Å². The van der Waals surface area contributed by atoms with Crippen molar-refractivity contribution in [3.05, 3.63) is 0 Å². The van der Waals surface area contributed by atoms with Gasteiger partial charge in [0.15, 0.2) is 0 Å². The Kier molecular flexibility index (Phi) is 4.18. The summed E-state index contributed by atoms with van der Waals surface area (Å²) in [5.74, 6) is 0.229. The van der Waals surface area contributed by atoms with Crippen LogP contribution in [0.1, 0.15) is 32.6 Å². The number of hydrogen-bond acceptors (Lipinski definition) is 3. The van der Waals surface area contributed by atoms with E-state index in [1.807, 2.05) is 0 Å². The topological polar surface area (TPSA) is 44.4 Å². The molecule has 92 valence electrons. The van der Waals surface area contributed by atoms with E-state index in [4.69, 9.17) is 0 Å². The molecule has 1 saturated carbocycles. The molecule has 1 aliphatic carbocycles. The average molecular weight is 225 g/mol. The van der Waals surface area contributed by atoms with E-state index in [1.54, 1.807) is 0 Å². The summed E-state index contributed by atoms with van der Waals surface area (Å²) in [5, 5.41) is 6.42. The number of carbonyl (C=O) groups is 1. The Morgan fingerprint density at radius 1 is 1.44 bits per heavy atom. The second-order valence-corrected chi connectivity index (χ2v) is 4.87. The first kappa shape index (κ1) is 11.9. The van der Waals surface area contributed by atoms with E-state index in [0.29, 0.717) is 18.5 Å². The molecule has 0 aromatic heterocycles. The minimum Gasteiger partial charge on any atom is -0.353 e. The SMILES string of the molecule is CCN(CCC(=O)NC1CC1)C1CCNC1. The van der Waals surface area contributed by atoms with Crippen LogP contribution in [0.3, 0.4) is 0 Å². The highest BCUT2D eigenvalue weighted by Crippen LogP contribution is 2.18. The van der Waals surface area contributed by atoms with Gasteiger partial charge >= 0.3 is 0 Å². The van der Waals surface area contributed by atoms with Crippen molar-refractivity contribution in [3.63, 3.8) is 0 Å². The van der Waals surface area contributed by atoms with Crippen molar-refractivity contribution in [2.75, 3.05) is 26.2 Å². The Labute approximate surface area is 97.8 Å². The Hall–Kier alpha value is -0.610. The number of likely N-dealkylation sites (N-methyl/N-ethyl adjacent to an activating group) is 1. The van der Waals surface area contributed by atoms with Gasteiger partial charge in [0.2, 0.25) is 5.91 Å². The average Bonchev–Trinajstić information content (AvgIpc) is 2.92. The normalized spacial score (nSPS) is 25.0. The molecule has 16 heavy (non-hydrogen) atoms. The van der Waals surface area contributed by atoms with Gasteiger partial charge in [-0.1, -0.05) is 6.92 Å². The highest BCUT2D eigenvalue weighted by Gasteiger charge is 2.24. The van der Waals surface area contributed by atoms with Gasteiger partial charge in [0, 0.05) is 31.6 Å². The lowest BCUT2D eigenvalue weighted by molar-refractivity contribution is -0.121. The summed E-state index contributed by atoms with van der Waals surface area (Å²) in [5.41, 5.74) is 0. The van der Waals surface area contributed by atoms with Gasteiger partial charge < -0.3 is 10.6 Å². The first-order valence-corrected chi connectivity index (χ1v) is 6.53. The van der Waals surface area contributed by atoms with Crippen LogP contribution in [0.2, 0.25) is 0 Å². The van der Waals surface area contributed by atoms with E-state index in [2.05, 4.69) is 22.5 Å². The summed E-state index contributed by atoms with van der Waals surface area (Å²) >= 11 is 0. The summed E-state index contributed by atoms with van der Waals surface area (Å²) in [6.45, 7) is 6.33. The monoisotopic (exact) mass is 225 g/mol. The van der Waals surface area contributed by atoms with Crippen molar-refractivity contribution in [1.82, 2.24) is 15.5 Å². The van der Waals surface area contributed by atoms with E-state index < -0.39 is 0 Å². The van der Waals surface area contributed by atoms with Crippen LogP contribution in [-0.4, -0.2) is 49.1 Å². The third kappa shape index (κ3) is 3.46. The number of carbonyl (C=O) groups excluding carboxylic acids is 1. The van der Waals surface area contributed by atoms with Crippen molar-refractivity contribution in [2.45, 2.75) is 44.7 Å². The first-order valence-electron chi connectivity index (χ1n) is 6.53. The van der Waals surface area contributed by atoms with Gasteiger partial charge in [-0.05, 0) is 32.4 Å². The molecule has 0 aromatic rings. The highest BCUT2D eigenvalue weighted by atomic mass is 16.1. The maximum absolute atomic E-state index is 11.6. The maximum atomic E-state index is 11.6. The molecule has 2 rings (SSSR count). The zero-order chi connectivity index (χ0) is 11.4. The first-order chi connectivity index (χ1) is 7.79. The highest BCUT2D eigenvalue weighted by molar-refractivity contribution is 5.76. The van der Waals surface area contributed by atoms with Gasteiger partial charge in [-0.25, -0.2) is 0 Å². The van der Waals surface area contributed by atoms with Gasteiger partial charge in [0.05, 0.1) is 0 Å². The Morgan fingerprint density at radius 3 is 2.81 bits per heavy atom. The van der Waals surface area contributed by atoms with Crippen molar-refractivity contribution in [2.24, 2.45) is 0 Å². The lowest BCUT2D eigenvalue weighted by Gasteiger charge is -2.26. The quantitative estimate of drug-likeness (QED) is 0.685. The van der Waals surface area contributed by atoms with Crippen LogP contribution < -0.4 is 10.6 Å². The van der Waals surface area contributed by atoms with Gasteiger partial charge in [0.25, 0.3) is 0 Å². The Bertz CT molecular complexity index is 234. The molecule has 2 fully saturated rings. The minimum absolute atomic E-state index is 0.229. The van der Waals surface area contributed by atoms with Crippen LogP contribution >= 0.6 is 0 Å². The summed E-state index contributed by atoms with van der Waals surface area (Å²) < 4.78 is 0. The fraction of sp³-hybridized carbons (Fsp3) is 0.917. The second-order valence-electron chi connectivity index (χ2n) is 4.87. The van der Waals surface area contributed by atoms with E-state index in [0.717, 1.165) is 26.2 Å². The standard InChI is InChI=1S/C12H23N3O/c1-2-15(11-5-7-13-9-11)8-6-12(16)14-10-3-4-10/h10-11,13H,2-9H2,1H3,(H,14,16). The van der Waals surface area contributed by atoms with Crippen molar-refractivity contribution >= 4 is 5.91 Å². The van der Waals surface area contributed by atoms with Crippen LogP contribution in [0.5, 0.6) is 0 Å². The van der Waals surface area contributed by atoms with Gasteiger partial charge in [0.1, 0.15) is 0 Å². The molecule has 1 atom stereocenters. The summed E-state index contributed by atoms with van der Waals surface area (Å²) in [6.07, 6.45) is 4.23. The minimum atomic E-state index is 0.229. The molecule has 1 aliphatic heterocycles. The van der Waals surface area contributed by atoms with Crippen LogP contribution in [-0.2, 0) is 4.79 Å². The Morgan fingerprint density at radius 2 is 2.25 bits per heavy atom. The molecule has 4 nitrogen and oxygen atoms in total. The number of hydrogen-bond donors (Lipinski definition) is 2. The zero-order valence-corrected chi connectivity index (χ0v) is 10.2.